The molecule has 2 fully saturated rings. The molecule has 1 aliphatic carbocycles. The third-order valence-corrected chi connectivity index (χ3v) is 4.98. The fourth-order valence-corrected chi connectivity index (χ4v) is 3.53. The van der Waals surface area contributed by atoms with Gasteiger partial charge in [0.1, 0.15) is 0 Å². The lowest BCUT2D eigenvalue weighted by Gasteiger charge is -2.42. The van der Waals surface area contributed by atoms with Gasteiger partial charge in [-0.25, -0.2) is 0 Å². The van der Waals surface area contributed by atoms with Gasteiger partial charge >= 0.3 is 0 Å². The van der Waals surface area contributed by atoms with E-state index in [1.165, 1.54) is 58.0 Å². The summed E-state index contributed by atoms with van der Waals surface area (Å²) >= 11 is 0. The molecule has 0 N–H and O–H groups in total. The van der Waals surface area contributed by atoms with E-state index in [0.717, 1.165) is 12.1 Å². The third-order valence-electron chi connectivity index (χ3n) is 4.98. The van der Waals surface area contributed by atoms with Crippen LogP contribution in [0.2, 0.25) is 0 Å². The molecule has 0 aromatic rings. The molecule has 2 rings (SSSR count). The highest BCUT2D eigenvalue weighted by Crippen LogP contribution is 2.26. The monoisotopic (exact) mass is 238 g/mol. The SMILES string of the molecule is CC(C)N(C)C1CCN(C2CCCCC2)CC1. The molecular weight excluding hydrogens is 208 g/mol. The molecule has 2 nitrogen and oxygen atoms in total. The minimum atomic E-state index is 0.696. The Balaban J connectivity index is 1.77. The van der Waals surface area contributed by atoms with Crippen molar-refractivity contribution >= 4 is 0 Å². The second kappa shape index (κ2) is 6.19. The van der Waals surface area contributed by atoms with Gasteiger partial charge in [0.15, 0.2) is 0 Å². The first-order valence-electron chi connectivity index (χ1n) is 7.64. The van der Waals surface area contributed by atoms with Crippen LogP contribution in [0.5, 0.6) is 0 Å². The molecule has 0 aromatic heterocycles. The van der Waals surface area contributed by atoms with Gasteiger partial charge in [0.05, 0.1) is 0 Å². The van der Waals surface area contributed by atoms with Crippen molar-refractivity contribution in [1.82, 2.24) is 9.80 Å². The molecule has 1 saturated carbocycles. The van der Waals surface area contributed by atoms with Gasteiger partial charge in [-0.1, -0.05) is 19.3 Å². The lowest BCUT2D eigenvalue weighted by atomic mass is 9.91. The molecule has 0 bridgehead atoms. The first-order valence-corrected chi connectivity index (χ1v) is 7.64. The Morgan fingerprint density at radius 1 is 0.941 bits per heavy atom. The maximum absolute atomic E-state index is 2.78. The molecule has 2 aliphatic rings. The quantitative estimate of drug-likeness (QED) is 0.745. The first-order chi connectivity index (χ1) is 8.18. The maximum atomic E-state index is 2.78. The van der Waals surface area contributed by atoms with E-state index in [1.807, 2.05) is 0 Å². The van der Waals surface area contributed by atoms with Crippen LogP contribution in [0, 0.1) is 0 Å². The smallest absolute Gasteiger partial charge is 0.0119 e. The fourth-order valence-electron chi connectivity index (χ4n) is 3.53. The van der Waals surface area contributed by atoms with Gasteiger partial charge in [0, 0.05) is 18.1 Å². The molecule has 1 heterocycles. The minimum Gasteiger partial charge on any atom is -0.301 e. The molecule has 0 amide bonds. The number of hydrogen-bond acceptors (Lipinski definition) is 2. The molecule has 17 heavy (non-hydrogen) atoms. The summed E-state index contributed by atoms with van der Waals surface area (Å²) in [5, 5.41) is 0. The summed E-state index contributed by atoms with van der Waals surface area (Å²) in [7, 11) is 2.30. The van der Waals surface area contributed by atoms with Gasteiger partial charge < -0.3 is 9.80 Å². The topological polar surface area (TPSA) is 6.48 Å². The highest BCUT2D eigenvalue weighted by molar-refractivity contribution is 4.84. The molecule has 0 spiro atoms. The van der Waals surface area contributed by atoms with Gasteiger partial charge in [0.2, 0.25) is 0 Å². The van der Waals surface area contributed by atoms with Crippen molar-refractivity contribution in [2.45, 2.75) is 76.9 Å². The van der Waals surface area contributed by atoms with Crippen LogP contribution in [0.15, 0.2) is 0 Å². The van der Waals surface area contributed by atoms with Crippen LogP contribution in [-0.4, -0.2) is 48.1 Å². The summed E-state index contributed by atoms with van der Waals surface area (Å²) in [6.07, 6.45) is 10.1. The van der Waals surface area contributed by atoms with E-state index in [4.69, 9.17) is 0 Å². The van der Waals surface area contributed by atoms with E-state index >= 15 is 0 Å². The summed E-state index contributed by atoms with van der Waals surface area (Å²) < 4.78 is 0. The van der Waals surface area contributed by atoms with Crippen molar-refractivity contribution in [2.75, 3.05) is 20.1 Å². The number of rotatable bonds is 3. The predicted octanol–water partition coefficient (Wildman–Crippen LogP) is 3.12. The molecule has 1 aliphatic heterocycles. The van der Waals surface area contributed by atoms with E-state index in [9.17, 15) is 0 Å². The zero-order valence-corrected chi connectivity index (χ0v) is 12.0. The molecule has 0 unspecified atom stereocenters. The fraction of sp³-hybridized carbons (Fsp3) is 1.00. The van der Waals surface area contributed by atoms with Gasteiger partial charge in [-0.2, -0.15) is 0 Å². The van der Waals surface area contributed by atoms with E-state index < -0.39 is 0 Å². The zero-order chi connectivity index (χ0) is 12.3. The average Bonchev–Trinajstić information content (AvgIpc) is 2.39. The van der Waals surface area contributed by atoms with Gasteiger partial charge in [0.25, 0.3) is 0 Å². The third kappa shape index (κ3) is 3.45. The Morgan fingerprint density at radius 2 is 1.53 bits per heavy atom. The summed E-state index contributed by atoms with van der Waals surface area (Å²) in [6.45, 7) is 7.31. The minimum absolute atomic E-state index is 0.696. The van der Waals surface area contributed by atoms with E-state index in [0.29, 0.717) is 6.04 Å². The first kappa shape index (κ1) is 13.4. The van der Waals surface area contributed by atoms with Crippen molar-refractivity contribution < 1.29 is 0 Å². The van der Waals surface area contributed by atoms with E-state index in [1.54, 1.807) is 0 Å². The molecule has 100 valence electrons. The lowest BCUT2D eigenvalue weighted by molar-refractivity contribution is 0.0699. The summed E-state index contributed by atoms with van der Waals surface area (Å²) in [5.74, 6) is 0. The Morgan fingerprint density at radius 3 is 2.06 bits per heavy atom. The summed E-state index contributed by atoms with van der Waals surface area (Å²) in [4.78, 5) is 5.35. The van der Waals surface area contributed by atoms with Crippen LogP contribution in [0.1, 0.15) is 58.8 Å². The van der Waals surface area contributed by atoms with Gasteiger partial charge in [-0.15, -0.1) is 0 Å². The summed E-state index contributed by atoms with van der Waals surface area (Å²) in [6, 6.07) is 2.45. The Labute approximate surface area is 107 Å². The maximum Gasteiger partial charge on any atom is 0.0119 e. The van der Waals surface area contributed by atoms with E-state index in [-0.39, 0.29) is 0 Å². The van der Waals surface area contributed by atoms with Crippen LogP contribution in [-0.2, 0) is 0 Å². The lowest BCUT2D eigenvalue weighted by Crippen LogP contribution is -2.49. The Hall–Kier alpha value is -0.0800. The molecular formula is C15H30N2. The normalized spacial score (nSPS) is 25.9. The Bertz CT molecular complexity index is 213. The Kier molecular flexibility index (Phi) is 4.87. The molecule has 2 heteroatoms. The van der Waals surface area contributed by atoms with Gasteiger partial charge in [-0.05, 0) is 59.7 Å². The van der Waals surface area contributed by atoms with Crippen LogP contribution >= 0.6 is 0 Å². The van der Waals surface area contributed by atoms with Crippen molar-refractivity contribution in [3.05, 3.63) is 0 Å². The van der Waals surface area contributed by atoms with Crippen molar-refractivity contribution in [1.29, 1.82) is 0 Å². The van der Waals surface area contributed by atoms with Gasteiger partial charge in [-0.3, -0.25) is 0 Å². The van der Waals surface area contributed by atoms with Crippen LogP contribution < -0.4 is 0 Å². The zero-order valence-electron chi connectivity index (χ0n) is 12.0. The number of piperidine rings is 1. The second-order valence-corrected chi connectivity index (χ2v) is 6.32. The molecule has 0 aromatic carbocycles. The summed E-state index contributed by atoms with van der Waals surface area (Å²) in [5.41, 5.74) is 0. The van der Waals surface area contributed by atoms with Crippen LogP contribution in [0.3, 0.4) is 0 Å². The number of nitrogens with zero attached hydrogens (tertiary/aromatic N) is 2. The molecule has 1 saturated heterocycles. The number of likely N-dealkylation sites (tertiary alicyclic amines) is 1. The molecule has 0 atom stereocenters. The van der Waals surface area contributed by atoms with Crippen molar-refractivity contribution in [2.24, 2.45) is 0 Å². The standard InChI is InChI=1S/C15H30N2/c1-13(2)16(3)14-9-11-17(12-10-14)15-7-5-4-6-8-15/h13-15H,4-12H2,1-3H3. The van der Waals surface area contributed by atoms with Crippen molar-refractivity contribution in [3.8, 4) is 0 Å². The highest BCUT2D eigenvalue weighted by atomic mass is 15.2. The molecule has 0 radical (unpaired) electrons. The number of hydrogen-bond donors (Lipinski definition) is 0. The predicted molar refractivity (Wildman–Crippen MR) is 74.4 cm³/mol. The van der Waals surface area contributed by atoms with E-state index in [2.05, 4.69) is 30.7 Å². The largest absolute Gasteiger partial charge is 0.301 e. The van der Waals surface area contributed by atoms with Crippen molar-refractivity contribution in [3.63, 3.8) is 0 Å². The van der Waals surface area contributed by atoms with Crippen LogP contribution in [0.25, 0.3) is 0 Å². The second-order valence-electron chi connectivity index (χ2n) is 6.32. The van der Waals surface area contributed by atoms with Crippen LogP contribution in [0.4, 0.5) is 0 Å². The average molecular weight is 238 g/mol. The highest BCUT2D eigenvalue weighted by Gasteiger charge is 2.28.